The molecular formula is C26H51NO9. The summed E-state index contributed by atoms with van der Waals surface area (Å²) in [5.41, 5.74) is 0. The standard InChI is InChI=1S/C12H21NO4.C12H22O5.2CH4/c2*1-5-11(16-8-14-3)10(2)12(6-7-13)17-9-15-4;;/h5,10-12H,1,6,8-9H2,2-4H3;5,7,10-12H,1,6,8-9H2,2-4H3;2*1H4/t2*10-,11+,12+;;/m00../s1. The second kappa shape index (κ2) is 29.5. The third-order valence-electron chi connectivity index (χ3n) is 4.85. The van der Waals surface area contributed by atoms with Crippen LogP contribution in [0.15, 0.2) is 25.3 Å². The fourth-order valence-electron chi connectivity index (χ4n) is 2.91. The van der Waals surface area contributed by atoms with Gasteiger partial charge in [0.2, 0.25) is 0 Å². The maximum absolute atomic E-state index is 10.6. The van der Waals surface area contributed by atoms with Crippen molar-refractivity contribution in [3.63, 3.8) is 0 Å². The van der Waals surface area contributed by atoms with E-state index in [1.807, 2.05) is 13.8 Å². The molecule has 0 aromatic rings. The van der Waals surface area contributed by atoms with Gasteiger partial charge in [-0.2, -0.15) is 5.26 Å². The van der Waals surface area contributed by atoms with Gasteiger partial charge in [0, 0.05) is 46.7 Å². The van der Waals surface area contributed by atoms with Crippen LogP contribution in [0.1, 0.15) is 41.5 Å². The zero-order chi connectivity index (χ0) is 26.2. The van der Waals surface area contributed by atoms with E-state index < -0.39 is 0 Å². The van der Waals surface area contributed by atoms with Crippen molar-refractivity contribution >= 4 is 6.29 Å². The van der Waals surface area contributed by atoms with E-state index in [1.54, 1.807) is 33.5 Å². The van der Waals surface area contributed by atoms with Gasteiger partial charge >= 0.3 is 0 Å². The maximum atomic E-state index is 10.6. The van der Waals surface area contributed by atoms with Gasteiger partial charge in [-0.15, -0.1) is 13.2 Å². The molecular weight excluding hydrogens is 470 g/mol. The molecule has 0 aliphatic carbocycles. The minimum Gasteiger partial charge on any atom is -0.359 e. The number of aldehydes is 1. The predicted molar refractivity (Wildman–Crippen MR) is 140 cm³/mol. The van der Waals surface area contributed by atoms with Gasteiger partial charge in [0.1, 0.15) is 33.5 Å². The first kappa shape index (κ1) is 41.4. The molecule has 0 aliphatic rings. The molecule has 0 radical (unpaired) electrons. The van der Waals surface area contributed by atoms with E-state index in [4.69, 9.17) is 43.2 Å². The summed E-state index contributed by atoms with van der Waals surface area (Å²) in [5, 5.41) is 8.75. The summed E-state index contributed by atoms with van der Waals surface area (Å²) in [6.07, 6.45) is 3.82. The lowest BCUT2D eigenvalue weighted by atomic mass is 9.96. The van der Waals surface area contributed by atoms with Crippen LogP contribution in [-0.4, -0.2) is 86.3 Å². The van der Waals surface area contributed by atoms with E-state index in [0.717, 1.165) is 6.29 Å². The Morgan fingerprint density at radius 1 is 0.722 bits per heavy atom. The van der Waals surface area contributed by atoms with Gasteiger partial charge in [0.05, 0.1) is 36.9 Å². The van der Waals surface area contributed by atoms with Crippen molar-refractivity contribution in [1.29, 1.82) is 5.26 Å². The molecule has 36 heavy (non-hydrogen) atoms. The molecule has 0 aliphatic heterocycles. The Kier molecular flexibility index (Phi) is 34.0. The first-order valence-corrected chi connectivity index (χ1v) is 10.9. The quantitative estimate of drug-likeness (QED) is 0.123. The molecule has 6 atom stereocenters. The molecule has 10 heteroatoms. The average molecular weight is 522 g/mol. The normalized spacial score (nSPS) is 15.1. The monoisotopic (exact) mass is 521 g/mol. The molecule has 0 spiro atoms. The largest absolute Gasteiger partial charge is 0.359 e. The molecule has 0 saturated heterocycles. The van der Waals surface area contributed by atoms with Crippen LogP contribution >= 0.6 is 0 Å². The highest BCUT2D eigenvalue weighted by Gasteiger charge is 2.26. The van der Waals surface area contributed by atoms with Crippen LogP contribution in [-0.2, 0) is 42.7 Å². The van der Waals surface area contributed by atoms with Crippen molar-refractivity contribution in [1.82, 2.24) is 0 Å². The molecule has 0 amide bonds. The molecule has 0 aromatic heterocycles. The number of nitriles is 1. The minimum absolute atomic E-state index is 0. The summed E-state index contributed by atoms with van der Waals surface area (Å²) < 4.78 is 41.1. The number of methoxy groups -OCH3 is 4. The summed E-state index contributed by atoms with van der Waals surface area (Å²) >= 11 is 0. The highest BCUT2D eigenvalue weighted by molar-refractivity contribution is 5.50. The van der Waals surface area contributed by atoms with Crippen LogP contribution in [0.3, 0.4) is 0 Å². The lowest BCUT2D eigenvalue weighted by Crippen LogP contribution is -2.33. The van der Waals surface area contributed by atoms with Gasteiger partial charge < -0.3 is 42.7 Å². The highest BCUT2D eigenvalue weighted by atomic mass is 16.7. The second-order valence-electron chi connectivity index (χ2n) is 7.25. The Hall–Kier alpha value is -1.68. The van der Waals surface area contributed by atoms with Crippen molar-refractivity contribution in [3.05, 3.63) is 25.3 Å². The molecule has 0 saturated carbocycles. The molecule has 214 valence electrons. The molecule has 10 nitrogen and oxygen atoms in total. The molecule has 0 unspecified atom stereocenters. The Morgan fingerprint density at radius 2 is 1.08 bits per heavy atom. The average Bonchev–Trinajstić information content (AvgIpc) is 2.85. The van der Waals surface area contributed by atoms with E-state index in [1.165, 1.54) is 7.11 Å². The van der Waals surface area contributed by atoms with Gasteiger partial charge in [-0.3, -0.25) is 0 Å². The van der Waals surface area contributed by atoms with Crippen molar-refractivity contribution in [2.75, 3.05) is 55.6 Å². The van der Waals surface area contributed by atoms with E-state index in [9.17, 15) is 4.79 Å². The number of carbonyl (C=O) groups is 1. The zero-order valence-corrected chi connectivity index (χ0v) is 21.5. The van der Waals surface area contributed by atoms with Crippen LogP contribution in [0, 0.1) is 23.2 Å². The zero-order valence-electron chi connectivity index (χ0n) is 21.5. The Morgan fingerprint density at radius 3 is 1.42 bits per heavy atom. The highest BCUT2D eigenvalue weighted by Crippen LogP contribution is 2.20. The Labute approximate surface area is 219 Å². The van der Waals surface area contributed by atoms with Crippen LogP contribution < -0.4 is 0 Å². The van der Waals surface area contributed by atoms with Crippen LogP contribution in [0.4, 0.5) is 0 Å². The number of hydrogen-bond donors (Lipinski definition) is 0. The van der Waals surface area contributed by atoms with Crippen molar-refractivity contribution in [3.8, 4) is 6.07 Å². The molecule has 0 fully saturated rings. The van der Waals surface area contributed by atoms with Crippen LogP contribution in [0.2, 0.25) is 0 Å². The number of ether oxygens (including phenoxy) is 8. The lowest BCUT2D eigenvalue weighted by molar-refractivity contribution is -0.135. The van der Waals surface area contributed by atoms with Crippen LogP contribution in [0.25, 0.3) is 0 Å². The number of carbonyl (C=O) groups excluding carboxylic acids is 1. The number of hydrogen-bond acceptors (Lipinski definition) is 10. The fourth-order valence-corrected chi connectivity index (χ4v) is 2.91. The Bertz CT molecular complexity index is 542. The maximum Gasteiger partial charge on any atom is 0.147 e. The summed E-state index contributed by atoms with van der Waals surface area (Å²) in [6, 6.07) is 2.09. The number of rotatable bonds is 21. The van der Waals surface area contributed by atoms with Crippen molar-refractivity contribution < 1.29 is 42.7 Å². The third kappa shape index (κ3) is 19.5. The van der Waals surface area contributed by atoms with E-state index in [2.05, 4.69) is 19.2 Å². The van der Waals surface area contributed by atoms with Crippen LogP contribution in [0.5, 0.6) is 0 Å². The summed E-state index contributed by atoms with van der Waals surface area (Å²) in [7, 11) is 6.18. The third-order valence-corrected chi connectivity index (χ3v) is 4.85. The smallest absolute Gasteiger partial charge is 0.147 e. The number of nitrogens with zero attached hydrogens (tertiary/aromatic N) is 1. The summed E-state index contributed by atoms with van der Waals surface area (Å²) in [4.78, 5) is 10.6. The van der Waals surface area contributed by atoms with E-state index in [-0.39, 0.29) is 84.7 Å². The molecule has 0 rings (SSSR count). The first-order valence-electron chi connectivity index (χ1n) is 10.9. The molecule has 0 N–H and O–H groups in total. The SMILES string of the molecule is C.C.C=C[C@@H](OCOC)[C@H](C)[C@@H](CC#N)OCOC.C=C[C@@H](OCOC)[C@H](C)[C@@H](CC=O)OCOC. The summed E-state index contributed by atoms with van der Waals surface area (Å²) in [6.45, 7) is 12.0. The topological polar surface area (TPSA) is 115 Å². The van der Waals surface area contributed by atoms with Gasteiger partial charge in [-0.1, -0.05) is 40.9 Å². The van der Waals surface area contributed by atoms with E-state index >= 15 is 0 Å². The predicted octanol–water partition coefficient (Wildman–Crippen LogP) is 4.35. The second-order valence-corrected chi connectivity index (χ2v) is 7.25. The van der Waals surface area contributed by atoms with Crippen molar-refractivity contribution in [2.45, 2.75) is 66.0 Å². The van der Waals surface area contributed by atoms with E-state index in [0.29, 0.717) is 6.42 Å². The summed E-state index contributed by atoms with van der Waals surface area (Å²) in [5.74, 6) is -0.0135. The van der Waals surface area contributed by atoms with Gasteiger partial charge in [-0.05, 0) is 0 Å². The van der Waals surface area contributed by atoms with Gasteiger partial charge in [0.15, 0.2) is 0 Å². The van der Waals surface area contributed by atoms with Crippen molar-refractivity contribution in [2.24, 2.45) is 11.8 Å². The Balaban J connectivity index is -0.000000269. The first-order chi connectivity index (χ1) is 16.4. The molecule has 0 heterocycles. The fraction of sp³-hybridized carbons (Fsp3) is 0.769. The van der Waals surface area contributed by atoms with Gasteiger partial charge in [-0.25, -0.2) is 0 Å². The molecule has 0 bridgehead atoms. The minimum atomic E-state index is -0.257. The lowest BCUT2D eigenvalue weighted by Gasteiger charge is -2.27. The van der Waals surface area contributed by atoms with Gasteiger partial charge in [0.25, 0.3) is 0 Å². The molecule has 0 aromatic carbocycles.